The summed E-state index contributed by atoms with van der Waals surface area (Å²) in [6.45, 7) is 4.96. The minimum Gasteiger partial charge on any atom is -0.383 e. The van der Waals surface area contributed by atoms with Crippen molar-refractivity contribution < 1.29 is 9.59 Å². The van der Waals surface area contributed by atoms with Crippen LogP contribution < -0.4 is 11.3 Å². The highest BCUT2D eigenvalue weighted by Crippen LogP contribution is 2.21. The second-order valence-corrected chi connectivity index (χ2v) is 5.83. The van der Waals surface area contributed by atoms with E-state index in [1.165, 1.54) is 13.0 Å². The van der Waals surface area contributed by atoms with Gasteiger partial charge in [-0.05, 0) is 26.3 Å². The first-order valence-electron chi connectivity index (χ1n) is 6.52. The van der Waals surface area contributed by atoms with Gasteiger partial charge in [0, 0.05) is 17.3 Å². The predicted molar refractivity (Wildman–Crippen MR) is 84.6 cm³/mol. The minimum absolute atomic E-state index is 0.0739. The molecule has 7 nitrogen and oxygen atoms in total. The maximum atomic E-state index is 12.3. The molecule has 0 saturated heterocycles. The van der Waals surface area contributed by atoms with Crippen molar-refractivity contribution in [1.29, 1.82) is 0 Å². The zero-order valence-corrected chi connectivity index (χ0v) is 13.3. The van der Waals surface area contributed by atoms with Crippen LogP contribution in [0.4, 0.5) is 5.82 Å². The summed E-state index contributed by atoms with van der Waals surface area (Å²) in [4.78, 5) is 44.5. The molecular formula is C14H16N4O3S. The van der Waals surface area contributed by atoms with E-state index in [-0.39, 0.29) is 33.9 Å². The second kappa shape index (κ2) is 6.18. The van der Waals surface area contributed by atoms with Crippen LogP contribution in [0.2, 0.25) is 0 Å². The normalized spacial score (nSPS) is 10.7. The number of hydrogen-bond donors (Lipinski definition) is 3. The number of Topliss-reactive ketones (excluding diaryl/α,β-unsaturated/α-hetero) is 2. The van der Waals surface area contributed by atoms with Gasteiger partial charge >= 0.3 is 0 Å². The van der Waals surface area contributed by atoms with E-state index in [1.807, 2.05) is 0 Å². The summed E-state index contributed by atoms with van der Waals surface area (Å²) >= 11 is 1.08. The van der Waals surface area contributed by atoms with Crippen LogP contribution in [0.25, 0.3) is 0 Å². The number of thioether (sulfide) groups is 1. The Morgan fingerprint density at radius 1 is 1.32 bits per heavy atom. The molecule has 0 aliphatic rings. The number of aryl methyl sites for hydroxylation is 1. The SMILES string of the molecule is CC(=O)c1c(C)[nH]c(C(=O)CSc2nc(N)cc(=O)[nH]2)c1C. The molecule has 0 radical (unpaired) electrons. The summed E-state index contributed by atoms with van der Waals surface area (Å²) in [6.07, 6.45) is 0. The third kappa shape index (κ3) is 3.28. The molecule has 0 bridgehead atoms. The number of carbonyl (C=O) groups excluding carboxylic acids is 2. The van der Waals surface area contributed by atoms with Crippen LogP contribution in [0.3, 0.4) is 0 Å². The molecule has 0 unspecified atom stereocenters. The van der Waals surface area contributed by atoms with Crippen LogP contribution in [0.1, 0.15) is 39.0 Å². The number of rotatable bonds is 5. The number of ketones is 2. The third-order valence-corrected chi connectivity index (χ3v) is 4.02. The van der Waals surface area contributed by atoms with Crippen molar-refractivity contribution in [1.82, 2.24) is 15.0 Å². The number of H-pyrrole nitrogens is 2. The lowest BCUT2D eigenvalue weighted by Crippen LogP contribution is -2.11. The molecule has 8 heteroatoms. The van der Waals surface area contributed by atoms with Crippen LogP contribution >= 0.6 is 11.8 Å². The van der Waals surface area contributed by atoms with Gasteiger partial charge in [0.1, 0.15) is 5.82 Å². The number of aromatic nitrogens is 3. The maximum Gasteiger partial charge on any atom is 0.253 e. The van der Waals surface area contributed by atoms with E-state index >= 15 is 0 Å². The van der Waals surface area contributed by atoms with Gasteiger partial charge in [0.2, 0.25) is 0 Å². The first kappa shape index (κ1) is 16.0. The zero-order chi connectivity index (χ0) is 16.4. The number of aromatic amines is 2. The lowest BCUT2D eigenvalue weighted by Gasteiger charge is -2.02. The van der Waals surface area contributed by atoms with Gasteiger partial charge in [-0.25, -0.2) is 4.98 Å². The molecular weight excluding hydrogens is 304 g/mol. The molecule has 2 rings (SSSR count). The van der Waals surface area contributed by atoms with Crippen LogP contribution in [-0.2, 0) is 0 Å². The van der Waals surface area contributed by atoms with E-state index in [0.717, 1.165) is 11.8 Å². The zero-order valence-electron chi connectivity index (χ0n) is 12.4. The molecule has 0 aromatic carbocycles. The monoisotopic (exact) mass is 320 g/mol. The summed E-state index contributed by atoms with van der Waals surface area (Å²) in [7, 11) is 0. The first-order chi connectivity index (χ1) is 10.3. The number of anilines is 1. The van der Waals surface area contributed by atoms with Crippen LogP contribution in [0.15, 0.2) is 16.0 Å². The van der Waals surface area contributed by atoms with Crippen molar-refractivity contribution in [3.8, 4) is 0 Å². The minimum atomic E-state index is -0.367. The van der Waals surface area contributed by atoms with Gasteiger partial charge in [0.05, 0.1) is 11.4 Å². The number of nitrogen functional groups attached to an aromatic ring is 1. The first-order valence-corrected chi connectivity index (χ1v) is 7.51. The molecule has 0 aliphatic carbocycles. The van der Waals surface area contributed by atoms with Crippen LogP contribution in [0.5, 0.6) is 0 Å². The number of carbonyl (C=O) groups is 2. The molecule has 22 heavy (non-hydrogen) atoms. The van der Waals surface area contributed by atoms with Gasteiger partial charge < -0.3 is 15.7 Å². The molecule has 2 heterocycles. The maximum absolute atomic E-state index is 12.3. The molecule has 116 valence electrons. The standard InChI is InChI=1S/C14H16N4O3S/c1-6-12(8(3)19)7(2)16-13(6)9(20)5-22-14-17-10(15)4-11(21)18-14/h4,16H,5H2,1-3H3,(H3,15,17,18,21). The Hall–Kier alpha value is -2.35. The highest BCUT2D eigenvalue weighted by Gasteiger charge is 2.20. The van der Waals surface area contributed by atoms with Gasteiger partial charge in [-0.3, -0.25) is 14.4 Å². The molecule has 0 saturated carbocycles. The second-order valence-electron chi connectivity index (χ2n) is 4.87. The Bertz CT molecular complexity index is 807. The quantitative estimate of drug-likeness (QED) is 0.436. The lowest BCUT2D eigenvalue weighted by molar-refractivity contribution is 0.101. The fraction of sp³-hybridized carbons (Fsp3) is 0.286. The summed E-state index contributed by atoms with van der Waals surface area (Å²) < 4.78 is 0. The fourth-order valence-corrected chi connectivity index (χ4v) is 3.04. The Kier molecular flexibility index (Phi) is 4.51. The van der Waals surface area contributed by atoms with Gasteiger partial charge in [-0.2, -0.15) is 0 Å². The Labute approximate surface area is 130 Å². The highest BCUT2D eigenvalue weighted by atomic mass is 32.2. The number of nitrogens with zero attached hydrogens (tertiary/aromatic N) is 1. The number of hydrogen-bond acceptors (Lipinski definition) is 6. The van der Waals surface area contributed by atoms with Crippen molar-refractivity contribution in [3.63, 3.8) is 0 Å². The Balaban J connectivity index is 2.18. The molecule has 0 atom stereocenters. The Morgan fingerprint density at radius 2 is 2.00 bits per heavy atom. The summed E-state index contributed by atoms with van der Waals surface area (Å²) in [5.41, 5.74) is 7.38. The smallest absolute Gasteiger partial charge is 0.253 e. The van der Waals surface area contributed by atoms with E-state index < -0.39 is 0 Å². The average Bonchev–Trinajstić information content (AvgIpc) is 2.70. The van der Waals surface area contributed by atoms with E-state index in [1.54, 1.807) is 13.8 Å². The van der Waals surface area contributed by atoms with Crippen LogP contribution in [0, 0.1) is 13.8 Å². The van der Waals surface area contributed by atoms with Crippen molar-refractivity contribution in [2.24, 2.45) is 0 Å². The molecule has 2 aromatic rings. The van der Waals surface area contributed by atoms with E-state index in [9.17, 15) is 14.4 Å². The van der Waals surface area contributed by atoms with Gasteiger partial charge in [0.25, 0.3) is 5.56 Å². The van der Waals surface area contributed by atoms with E-state index in [2.05, 4.69) is 15.0 Å². The highest BCUT2D eigenvalue weighted by molar-refractivity contribution is 7.99. The van der Waals surface area contributed by atoms with Crippen molar-refractivity contribution in [3.05, 3.63) is 38.9 Å². The number of nitrogens with two attached hydrogens (primary N) is 1. The summed E-state index contributed by atoms with van der Waals surface area (Å²) in [6, 6.07) is 1.17. The number of nitrogens with one attached hydrogen (secondary N) is 2. The molecule has 0 fully saturated rings. The summed E-state index contributed by atoms with van der Waals surface area (Å²) in [5, 5.41) is 0.283. The Morgan fingerprint density at radius 3 is 2.55 bits per heavy atom. The largest absolute Gasteiger partial charge is 0.383 e. The molecule has 0 spiro atoms. The molecule has 0 aliphatic heterocycles. The molecule has 2 aromatic heterocycles. The van der Waals surface area contributed by atoms with Crippen molar-refractivity contribution >= 4 is 29.1 Å². The lowest BCUT2D eigenvalue weighted by atomic mass is 10.1. The van der Waals surface area contributed by atoms with Crippen LogP contribution in [-0.4, -0.2) is 32.3 Å². The topological polar surface area (TPSA) is 122 Å². The molecule has 0 amide bonds. The van der Waals surface area contributed by atoms with Gasteiger partial charge in [0.15, 0.2) is 16.7 Å². The van der Waals surface area contributed by atoms with E-state index in [4.69, 9.17) is 5.73 Å². The predicted octanol–water partition coefficient (Wildman–Crippen LogP) is 1.47. The van der Waals surface area contributed by atoms with Gasteiger partial charge in [-0.1, -0.05) is 11.8 Å². The van der Waals surface area contributed by atoms with E-state index in [0.29, 0.717) is 22.5 Å². The fourth-order valence-electron chi connectivity index (χ4n) is 2.28. The van der Waals surface area contributed by atoms with Crippen molar-refractivity contribution in [2.45, 2.75) is 25.9 Å². The molecule has 4 N–H and O–H groups in total. The third-order valence-electron chi connectivity index (χ3n) is 3.15. The van der Waals surface area contributed by atoms with Crippen molar-refractivity contribution in [2.75, 3.05) is 11.5 Å². The van der Waals surface area contributed by atoms with Gasteiger partial charge in [-0.15, -0.1) is 0 Å². The summed E-state index contributed by atoms with van der Waals surface area (Å²) in [5.74, 6) is -0.0859. The average molecular weight is 320 g/mol.